The Labute approximate surface area is 303 Å². The highest BCUT2D eigenvalue weighted by molar-refractivity contribution is 7.00. The first-order valence-electron chi connectivity index (χ1n) is 18.3. The predicted octanol–water partition coefficient (Wildman–Crippen LogP) is 11.1. The molecule has 0 N–H and O–H groups in total. The molecule has 9 rings (SSSR count). The van der Waals surface area contributed by atoms with E-state index in [1.807, 2.05) is 0 Å². The number of benzene rings is 6. The van der Waals surface area contributed by atoms with E-state index in [0.717, 1.165) is 12.8 Å². The number of hydrogen-bond donors (Lipinski definition) is 0. The van der Waals surface area contributed by atoms with Crippen molar-refractivity contribution >= 4 is 62.8 Å². The highest BCUT2D eigenvalue weighted by Gasteiger charge is 2.44. The number of aryl methyl sites for hydroxylation is 5. The summed E-state index contributed by atoms with van der Waals surface area (Å²) >= 11 is 0. The Kier molecular flexibility index (Phi) is 7.44. The van der Waals surface area contributed by atoms with Crippen molar-refractivity contribution in [3.8, 4) is 11.1 Å². The van der Waals surface area contributed by atoms with Gasteiger partial charge in [0.2, 0.25) is 0 Å². The normalized spacial score (nSPS) is 14.4. The average molecular weight is 659 g/mol. The second-order valence-electron chi connectivity index (χ2n) is 15.1. The van der Waals surface area contributed by atoms with Gasteiger partial charge < -0.3 is 9.80 Å². The van der Waals surface area contributed by atoms with Crippen LogP contribution in [0.15, 0.2) is 133 Å². The molecule has 0 unspecified atom stereocenters. The highest BCUT2D eigenvalue weighted by Crippen LogP contribution is 2.48. The molecule has 1 aliphatic carbocycles. The van der Waals surface area contributed by atoms with Crippen LogP contribution < -0.4 is 26.2 Å². The van der Waals surface area contributed by atoms with Gasteiger partial charge in [-0.15, -0.1) is 0 Å². The number of hydrogen-bond acceptors (Lipinski definition) is 2. The molecule has 0 fully saturated rings. The number of nitrogens with zero attached hydrogens (tertiary/aromatic N) is 2. The summed E-state index contributed by atoms with van der Waals surface area (Å²) in [7, 11) is 0. The molecule has 2 heterocycles. The molecule has 6 aromatic rings. The molecular formula is C48H43BN2. The van der Waals surface area contributed by atoms with Crippen LogP contribution in [0.4, 0.5) is 34.1 Å². The first kappa shape index (κ1) is 31.4. The zero-order valence-corrected chi connectivity index (χ0v) is 30.5. The van der Waals surface area contributed by atoms with Crippen molar-refractivity contribution in [2.75, 3.05) is 9.80 Å². The zero-order chi connectivity index (χ0) is 35.0. The van der Waals surface area contributed by atoms with Crippen LogP contribution in [0, 0.1) is 34.6 Å². The van der Waals surface area contributed by atoms with E-state index in [0.29, 0.717) is 0 Å². The standard InChI is InChI=1S/C48H43BN2/c1-30-10-17-36(18-11-30)40-25-33(4)14-21-43(40)51-45-23-16-35(6)27-42(45)49-41-26-34(5)15-22-44(41)50(39-19-12-31(2)13-20-39)46-28-38(29-47(51)48(46)49)37-9-7-8-32(3)24-37/h9-29H,7-8H2,1-6H3. The van der Waals surface area contributed by atoms with Gasteiger partial charge >= 0.3 is 0 Å². The SMILES string of the molecule is CC1=CC(c2cc3c4c(c2)N(c2ccc(C)cc2-c2ccc(C)cc2)c2ccc(C)cc2B4c2cc(C)ccc2N3c2ccc(C)cc2)=CCC1. The van der Waals surface area contributed by atoms with Crippen molar-refractivity contribution in [3.63, 3.8) is 0 Å². The Morgan fingerprint density at radius 2 is 1.00 bits per heavy atom. The Morgan fingerprint density at radius 3 is 1.63 bits per heavy atom. The van der Waals surface area contributed by atoms with Gasteiger partial charge in [-0.3, -0.25) is 0 Å². The fourth-order valence-corrected chi connectivity index (χ4v) is 8.50. The molecular weight excluding hydrogens is 615 g/mol. The van der Waals surface area contributed by atoms with E-state index in [1.165, 1.54) is 106 Å². The van der Waals surface area contributed by atoms with Gasteiger partial charge in [0.15, 0.2) is 0 Å². The molecule has 3 aliphatic rings. The smallest absolute Gasteiger partial charge is 0.252 e. The third-order valence-corrected chi connectivity index (χ3v) is 11.1. The van der Waals surface area contributed by atoms with E-state index in [1.54, 1.807) is 0 Å². The second kappa shape index (κ2) is 12.1. The van der Waals surface area contributed by atoms with Crippen LogP contribution in [0.2, 0.25) is 0 Å². The molecule has 2 nitrogen and oxygen atoms in total. The fourth-order valence-electron chi connectivity index (χ4n) is 8.50. The number of fused-ring (bicyclic) bond motifs is 4. The number of rotatable bonds is 4. The second-order valence-corrected chi connectivity index (χ2v) is 15.1. The maximum absolute atomic E-state index is 2.58. The van der Waals surface area contributed by atoms with Crippen molar-refractivity contribution in [2.45, 2.75) is 54.4 Å². The topological polar surface area (TPSA) is 6.48 Å². The van der Waals surface area contributed by atoms with Crippen molar-refractivity contribution in [1.82, 2.24) is 0 Å². The first-order valence-corrected chi connectivity index (χ1v) is 18.3. The quantitative estimate of drug-likeness (QED) is 0.174. The minimum Gasteiger partial charge on any atom is -0.311 e. The van der Waals surface area contributed by atoms with Gasteiger partial charge in [-0.05, 0) is 136 Å². The summed E-state index contributed by atoms with van der Waals surface area (Å²) in [6, 6.07) is 44.2. The monoisotopic (exact) mass is 658 g/mol. The Hall–Kier alpha value is -5.54. The summed E-state index contributed by atoms with van der Waals surface area (Å²) in [6.45, 7) is 13.4. The Morgan fingerprint density at radius 1 is 0.471 bits per heavy atom. The van der Waals surface area contributed by atoms with Crippen LogP contribution in [0.5, 0.6) is 0 Å². The van der Waals surface area contributed by atoms with Gasteiger partial charge in [-0.1, -0.05) is 112 Å². The summed E-state index contributed by atoms with van der Waals surface area (Å²) in [5.41, 5.74) is 24.3. The average Bonchev–Trinajstić information content (AvgIpc) is 3.12. The van der Waals surface area contributed by atoms with Crippen molar-refractivity contribution < 1.29 is 0 Å². The number of anilines is 6. The zero-order valence-electron chi connectivity index (χ0n) is 30.5. The predicted molar refractivity (Wildman–Crippen MR) is 221 cm³/mol. The number of allylic oxidation sites excluding steroid dienone is 4. The van der Waals surface area contributed by atoms with Crippen LogP contribution in [-0.4, -0.2) is 6.71 Å². The van der Waals surface area contributed by atoms with Crippen LogP contribution in [0.3, 0.4) is 0 Å². The molecule has 51 heavy (non-hydrogen) atoms. The largest absolute Gasteiger partial charge is 0.311 e. The first-order chi connectivity index (χ1) is 24.7. The molecule has 0 spiro atoms. The lowest BCUT2D eigenvalue weighted by atomic mass is 9.33. The van der Waals surface area contributed by atoms with Crippen molar-refractivity contribution in [1.29, 1.82) is 0 Å². The molecule has 2 aliphatic heterocycles. The molecule has 0 amide bonds. The summed E-state index contributed by atoms with van der Waals surface area (Å²) in [4.78, 5) is 5.11. The van der Waals surface area contributed by atoms with Crippen LogP contribution in [0.25, 0.3) is 16.7 Å². The Bertz CT molecular complexity index is 2430. The molecule has 0 aromatic heterocycles. The Balaban J connectivity index is 1.41. The molecule has 0 saturated carbocycles. The van der Waals surface area contributed by atoms with E-state index in [-0.39, 0.29) is 6.71 Å². The van der Waals surface area contributed by atoms with E-state index in [4.69, 9.17) is 0 Å². The summed E-state index contributed by atoms with van der Waals surface area (Å²) in [5, 5.41) is 0. The summed E-state index contributed by atoms with van der Waals surface area (Å²) in [6.07, 6.45) is 7.02. The van der Waals surface area contributed by atoms with Crippen molar-refractivity contribution in [3.05, 3.63) is 166 Å². The third kappa shape index (κ3) is 5.26. The lowest BCUT2D eigenvalue weighted by molar-refractivity contribution is 0.966. The minimum atomic E-state index is 0.0951. The molecule has 6 aromatic carbocycles. The minimum absolute atomic E-state index is 0.0951. The van der Waals surface area contributed by atoms with Gasteiger partial charge in [0, 0.05) is 34.0 Å². The van der Waals surface area contributed by atoms with E-state index < -0.39 is 0 Å². The highest BCUT2D eigenvalue weighted by atomic mass is 15.2. The van der Waals surface area contributed by atoms with Crippen LogP contribution in [0.1, 0.15) is 53.1 Å². The summed E-state index contributed by atoms with van der Waals surface area (Å²) in [5.74, 6) is 0. The molecule has 0 atom stereocenters. The molecule has 0 bridgehead atoms. The van der Waals surface area contributed by atoms with Gasteiger partial charge in [-0.2, -0.15) is 0 Å². The third-order valence-electron chi connectivity index (χ3n) is 11.1. The molecule has 3 heteroatoms. The maximum atomic E-state index is 2.58. The summed E-state index contributed by atoms with van der Waals surface area (Å²) < 4.78 is 0. The fraction of sp³-hybridized carbons (Fsp3) is 0.167. The van der Waals surface area contributed by atoms with E-state index in [2.05, 4.69) is 179 Å². The van der Waals surface area contributed by atoms with Crippen molar-refractivity contribution in [2.24, 2.45) is 0 Å². The van der Waals surface area contributed by atoms with Gasteiger partial charge in [0.25, 0.3) is 6.71 Å². The van der Waals surface area contributed by atoms with Crippen LogP contribution in [-0.2, 0) is 0 Å². The molecule has 0 radical (unpaired) electrons. The van der Waals surface area contributed by atoms with Gasteiger partial charge in [0.1, 0.15) is 0 Å². The van der Waals surface area contributed by atoms with Gasteiger partial charge in [-0.25, -0.2) is 0 Å². The molecule has 0 saturated heterocycles. The lowest BCUT2D eigenvalue weighted by Gasteiger charge is -2.45. The van der Waals surface area contributed by atoms with Gasteiger partial charge in [0.05, 0.1) is 5.69 Å². The lowest BCUT2D eigenvalue weighted by Crippen LogP contribution is -2.61. The van der Waals surface area contributed by atoms with E-state index in [9.17, 15) is 0 Å². The maximum Gasteiger partial charge on any atom is 0.252 e. The van der Waals surface area contributed by atoms with E-state index >= 15 is 0 Å². The molecule has 248 valence electrons. The van der Waals surface area contributed by atoms with Crippen LogP contribution >= 0.6 is 0 Å².